The van der Waals surface area contributed by atoms with Crippen molar-refractivity contribution in [2.75, 3.05) is 12.8 Å². The van der Waals surface area contributed by atoms with E-state index in [9.17, 15) is 26.0 Å². The second kappa shape index (κ2) is 4.75. The number of hydrogen-bond donors (Lipinski definition) is 1. The lowest BCUT2D eigenvalue weighted by Crippen LogP contribution is -2.21. The van der Waals surface area contributed by atoms with E-state index < -0.39 is 44.6 Å². The van der Waals surface area contributed by atoms with Crippen molar-refractivity contribution in [2.45, 2.75) is 12.3 Å². The summed E-state index contributed by atoms with van der Waals surface area (Å²) in [5.74, 6) is -6.93. The lowest BCUT2D eigenvalue weighted by molar-refractivity contribution is 0.429. The Hall–Kier alpha value is -1.15. The monoisotopic (exact) mass is 296 g/mol. The second-order valence-electron chi connectivity index (χ2n) is 4.36. The molecule has 3 nitrogen and oxygen atoms in total. The van der Waals surface area contributed by atoms with Gasteiger partial charge in [-0.3, -0.25) is 5.32 Å². The van der Waals surface area contributed by atoms with Gasteiger partial charge in [-0.2, -0.15) is 0 Å². The summed E-state index contributed by atoms with van der Waals surface area (Å²) in [4.78, 5) is 0. The van der Waals surface area contributed by atoms with Gasteiger partial charge >= 0.3 is 0 Å². The second-order valence-corrected chi connectivity index (χ2v) is 6.40. The highest BCUT2D eigenvalue weighted by atomic mass is 32.2. The molecule has 0 saturated carbocycles. The Bertz CT molecular complexity index is 591. The lowest BCUT2D eigenvalue weighted by atomic mass is 9.96. The third-order valence-electron chi connectivity index (χ3n) is 2.98. The van der Waals surface area contributed by atoms with E-state index in [0.717, 1.165) is 6.26 Å². The minimum absolute atomic E-state index is 0.0963. The molecule has 1 N–H and O–H groups in total. The summed E-state index contributed by atoms with van der Waals surface area (Å²) in [6.07, 6.45) is 0.728. The van der Waals surface area contributed by atoms with E-state index in [0.29, 0.717) is 0 Å². The van der Waals surface area contributed by atoms with E-state index in [1.807, 2.05) is 0 Å². The Labute approximate surface area is 107 Å². The molecule has 1 aliphatic rings. The zero-order valence-electron chi connectivity index (χ0n) is 9.81. The van der Waals surface area contributed by atoms with E-state index >= 15 is 0 Å². The quantitative estimate of drug-likeness (QED) is 0.669. The molecule has 1 aliphatic heterocycles. The van der Waals surface area contributed by atoms with Crippen LogP contribution in [-0.2, 0) is 9.84 Å². The zero-order valence-corrected chi connectivity index (χ0v) is 10.6. The van der Waals surface area contributed by atoms with Crippen molar-refractivity contribution in [3.63, 3.8) is 0 Å². The fourth-order valence-electron chi connectivity index (χ4n) is 2.04. The Balaban J connectivity index is 2.40. The van der Waals surface area contributed by atoms with Crippen LogP contribution in [0.4, 0.5) is 17.6 Å². The summed E-state index contributed by atoms with van der Waals surface area (Å²) in [6.45, 7) is -0.0981. The van der Waals surface area contributed by atoms with Crippen LogP contribution in [0.1, 0.15) is 17.9 Å². The van der Waals surface area contributed by atoms with Gasteiger partial charge in [0.25, 0.3) is 0 Å². The van der Waals surface area contributed by atoms with Crippen molar-refractivity contribution >= 4 is 9.84 Å². The predicted octanol–water partition coefficient (Wildman–Crippen LogP) is 1.85. The fourth-order valence-corrected chi connectivity index (χ4v) is 2.89. The maximum absolute atomic E-state index is 13.5. The van der Waals surface area contributed by atoms with Gasteiger partial charge in [-0.1, -0.05) is 0 Å². The summed E-state index contributed by atoms with van der Waals surface area (Å²) in [6, 6.07) is 0.123. The van der Waals surface area contributed by atoms with Crippen LogP contribution in [0.3, 0.4) is 0 Å². The molecule has 105 valence electrons. The minimum Gasteiger partial charge on any atom is -0.296 e. The topological polar surface area (TPSA) is 46.2 Å². The molecule has 1 atom stereocenters. The van der Waals surface area contributed by atoms with E-state index in [4.69, 9.17) is 0 Å². The standard InChI is InChI=1S/C11H10F4NO2S/c1-19(17,18)8-2-5(4-16-8)9-10(14)6(12)3-7(13)11(9)15/h3,5,16H,2,4H2,1H3/t5-/m1/s1. The summed E-state index contributed by atoms with van der Waals surface area (Å²) in [7, 11) is -3.52. The number of sulfone groups is 1. The van der Waals surface area contributed by atoms with Crippen LogP contribution < -0.4 is 5.32 Å². The van der Waals surface area contributed by atoms with Gasteiger partial charge in [0, 0.05) is 30.3 Å². The SMILES string of the molecule is CS(=O)(=O)[C]1C[C@@H](c2c(F)c(F)cc(F)c2F)CN1. The first kappa shape index (κ1) is 14.3. The van der Waals surface area contributed by atoms with E-state index in [1.165, 1.54) is 0 Å². The van der Waals surface area contributed by atoms with Crippen molar-refractivity contribution in [2.24, 2.45) is 0 Å². The molecule has 0 amide bonds. The fraction of sp³-hybridized carbons (Fsp3) is 0.364. The van der Waals surface area contributed by atoms with Crippen LogP contribution in [0.25, 0.3) is 0 Å². The van der Waals surface area contributed by atoms with Gasteiger partial charge in [-0.15, -0.1) is 0 Å². The molecule has 19 heavy (non-hydrogen) atoms. The number of nitrogens with one attached hydrogen (secondary N) is 1. The molecule has 1 saturated heterocycles. The number of rotatable bonds is 2. The molecule has 1 aromatic rings. The first-order valence-corrected chi connectivity index (χ1v) is 7.23. The van der Waals surface area contributed by atoms with Gasteiger partial charge in [0.15, 0.2) is 38.5 Å². The highest BCUT2D eigenvalue weighted by molar-refractivity contribution is 7.93. The normalized spacial score (nSPS) is 21.0. The summed E-state index contributed by atoms with van der Waals surface area (Å²) in [5, 5.41) is 2.39. The number of hydrogen-bond acceptors (Lipinski definition) is 3. The first-order chi connectivity index (χ1) is 8.71. The van der Waals surface area contributed by atoms with Gasteiger partial charge in [0.2, 0.25) is 0 Å². The summed E-state index contributed by atoms with van der Waals surface area (Å²) in [5.41, 5.74) is -0.761. The molecule has 0 unspecified atom stereocenters. The highest BCUT2D eigenvalue weighted by Crippen LogP contribution is 2.35. The van der Waals surface area contributed by atoms with Crippen molar-refractivity contribution < 1.29 is 26.0 Å². The van der Waals surface area contributed by atoms with Crippen LogP contribution in [0.5, 0.6) is 0 Å². The van der Waals surface area contributed by atoms with E-state index in [1.54, 1.807) is 0 Å². The lowest BCUT2D eigenvalue weighted by Gasteiger charge is -2.12. The van der Waals surface area contributed by atoms with Crippen LogP contribution in [0, 0.1) is 28.6 Å². The molecule has 1 fully saturated rings. The van der Waals surface area contributed by atoms with E-state index in [-0.39, 0.29) is 24.4 Å². The van der Waals surface area contributed by atoms with Gasteiger partial charge < -0.3 is 0 Å². The van der Waals surface area contributed by atoms with Crippen molar-refractivity contribution in [3.05, 3.63) is 40.3 Å². The Kier molecular flexibility index (Phi) is 3.57. The number of benzene rings is 1. The van der Waals surface area contributed by atoms with Crippen molar-refractivity contribution in [1.29, 1.82) is 0 Å². The zero-order chi connectivity index (χ0) is 14.4. The van der Waals surface area contributed by atoms with Crippen molar-refractivity contribution in [1.82, 2.24) is 5.32 Å². The van der Waals surface area contributed by atoms with Crippen LogP contribution in [0.15, 0.2) is 6.07 Å². The molecule has 8 heteroatoms. The molecule has 0 bridgehead atoms. The molecule has 0 aliphatic carbocycles. The summed E-state index contributed by atoms with van der Waals surface area (Å²) >= 11 is 0. The van der Waals surface area contributed by atoms with E-state index in [2.05, 4.69) is 5.32 Å². The Morgan fingerprint density at radius 3 is 2.11 bits per heavy atom. The number of halogens is 4. The molecule has 0 aromatic heterocycles. The van der Waals surface area contributed by atoms with Gasteiger partial charge in [-0.05, 0) is 6.42 Å². The summed E-state index contributed by atoms with van der Waals surface area (Å²) < 4.78 is 75.8. The molecule has 1 radical (unpaired) electrons. The molecular weight excluding hydrogens is 286 g/mol. The minimum atomic E-state index is -3.52. The van der Waals surface area contributed by atoms with Gasteiger partial charge in [-0.25, -0.2) is 26.0 Å². The molecule has 0 spiro atoms. The predicted molar refractivity (Wildman–Crippen MR) is 59.7 cm³/mol. The molecule has 1 aromatic carbocycles. The molecular formula is C11H10F4NO2S. The Morgan fingerprint density at radius 1 is 1.16 bits per heavy atom. The van der Waals surface area contributed by atoms with Crippen LogP contribution >= 0.6 is 0 Å². The Morgan fingerprint density at radius 2 is 1.68 bits per heavy atom. The maximum atomic E-state index is 13.5. The van der Waals surface area contributed by atoms with Crippen molar-refractivity contribution in [3.8, 4) is 0 Å². The third kappa shape index (κ3) is 2.59. The maximum Gasteiger partial charge on any atom is 0.169 e. The van der Waals surface area contributed by atoms with Gasteiger partial charge in [0.1, 0.15) is 0 Å². The highest BCUT2D eigenvalue weighted by Gasteiger charge is 2.37. The van der Waals surface area contributed by atoms with Crippen LogP contribution in [0.2, 0.25) is 0 Å². The first-order valence-electron chi connectivity index (χ1n) is 5.34. The van der Waals surface area contributed by atoms with Gasteiger partial charge in [0.05, 0.1) is 0 Å². The average molecular weight is 296 g/mol. The largest absolute Gasteiger partial charge is 0.296 e. The smallest absolute Gasteiger partial charge is 0.169 e. The third-order valence-corrected chi connectivity index (χ3v) is 4.19. The average Bonchev–Trinajstić information content (AvgIpc) is 2.76. The molecule has 1 heterocycles. The molecule has 2 rings (SSSR count). The van der Waals surface area contributed by atoms with Crippen LogP contribution in [-0.4, -0.2) is 21.2 Å².